The topological polar surface area (TPSA) is 123 Å². The summed E-state index contributed by atoms with van der Waals surface area (Å²) in [6.07, 6.45) is 0.831. The van der Waals surface area contributed by atoms with E-state index in [1.165, 1.54) is 0 Å². The molecule has 0 spiro atoms. The first-order valence-electron chi connectivity index (χ1n) is 13.7. The van der Waals surface area contributed by atoms with Crippen molar-refractivity contribution in [1.82, 2.24) is 14.7 Å². The molecule has 1 aliphatic heterocycles. The number of hydrogen-bond donors (Lipinski definition) is 3. The second kappa shape index (κ2) is 14.2. The number of aliphatic hydroxyl groups excluding tert-OH is 1. The van der Waals surface area contributed by atoms with Crippen molar-refractivity contribution in [2.24, 2.45) is 5.92 Å². The molecule has 0 bridgehead atoms. The van der Waals surface area contributed by atoms with Gasteiger partial charge in [-0.15, -0.1) is 0 Å². The maximum Gasteiger partial charge on any atom is 0.335 e. The first-order valence-corrected chi connectivity index (χ1v) is 13.7. The van der Waals surface area contributed by atoms with E-state index >= 15 is 0 Å². The third kappa shape index (κ3) is 8.51. The Bertz CT molecular complexity index is 1170. The van der Waals surface area contributed by atoms with Crippen molar-refractivity contribution >= 4 is 23.5 Å². The van der Waals surface area contributed by atoms with Crippen LogP contribution in [0.1, 0.15) is 53.0 Å². The molecule has 0 unspecified atom stereocenters. The molecule has 2 amide bonds. The average Bonchev–Trinajstić information content (AvgIpc) is 2.90. The van der Waals surface area contributed by atoms with Gasteiger partial charge >= 0.3 is 5.97 Å². The molecule has 40 heavy (non-hydrogen) atoms. The molecular formula is C30H42N4O6. The lowest BCUT2D eigenvalue weighted by atomic mass is 9.99. The van der Waals surface area contributed by atoms with Gasteiger partial charge in [-0.1, -0.05) is 19.1 Å². The molecule has 2 aromatic rings. The fourth-order valence-corrected chi connectivity index (χ4v) is 4.73. The van der Waals surface area contributed by atoms with Gasteiger partial charge in [0.25, 0.3) is 5.91 Å². The van der Waals surface area contributed by atoms with Crippen LogP contribution in [0.2, 0.25) is 0 Å². The van der Waals surface area contributed by atoms with Gasteiger partial charge in [0.1, 0.15) is 11.9 Å². The molecular weight excluding hydrogens is 512 g/mol. The molecule has 0 aromatic heterocycles. The molecule has 0 fully saturated rings. The fraction of sp³-hybridized carbons (Fsp3) is 0.500. The van der Waals surface area contributed by atoms with E-state index in [2.05, 4.69) is 10.2 Å². The standard InChI is InChI=1S/C30H42N4O6/c1-20-16-34(21(2)19-35)29(37)25-15-24(31-28(36)7-6-14-32(3)4)12-13-26(25)40-27(20)18-33(5)17-22-8-10-23(11-9-22)30(38)39/h8-13,15,20-21,27,35H,6-7,14,16-19H2,1-5H3,(H,31,36)(H,38,39)/t20-,21+,27-/m0/s1. The van der Waals surface area contributed by atoms with Crippen LogP contribution in [-0.4, -0.2) is 102 Å². The predicted octanol–water partition coefficient (Wildman–Crippen LogP) is 3.02. The van der Waals surface area contributed by atoms with Crippen molar-refractivity contribution < 1.29 is 29.3 Å². The highest BCUT2D eigenvalue weighted by Gasteiger charge is 2.33. The molecule has 2 aromatic carbocycles. The highest BCUT2D eigenvalue weighted by Crippen LogP contribution is 2.31. The Kier molecular flexibility index (Phi) is 11.1. The zero-order chi connectivity index (χ0) is 29.4. The monoisotopic (exact) mass is 554 g/mol. The van der Waals surface area contributed by atoms with Crippen LogP contribution in [-0.2, 0) is 11.3 Å². The summed E-state index contributed by atoms with van der Waals surface area (Å²) in [6, 6.07) is 11.5. The van der Waals surface area contributed by atoms with E-state index < -0.39 is 12.0 Å². The number of rotatable bonds is 12. The second-order valence-electron chi connectivity index (χ2n) is 11.0. The van der Waals surface area contributed by atoms with Crippen LogP contribution in [0, 0.1) is 5.92 Å². The minimum Gasteiger partial charge on any atom is -0.488 e. The molecule has 1 aliphatic rings. The smallest absolute Gasteiger partial charge is 0.335 e. The lowest BCUT2D eigenvalue weighted by Crippen LogP contribution is -2.49. The first kappa shape index (κ1) is 31.1. The number of nitrogens with zero attached hydrogens (tertiary/aromatic N) is 3. The van der Waals surface area contributed by atoms with Gasteiger partial charge in [0.2, 0.25) is 5.91 Å². The lowest BCUT2D eigenvalue weighted by molar-refractivity contribution is -0.116. The summed E-state index contributed by atoms with van der Waals surface area (Å²) in [5.41, 5.74) is 2.08. The van der Waals surface area contributed by atoms with Crippen LogP contribution in [0.3, 0.4) is 0 Å². The molecule has 0 saturated heterocycles. The molecule has 218 valence electrons. The Labute approximate surface area is 236 Å². The Morgan fingerprint density at radius 3 is 2.48 bits per heavy atom. The maximum absolute atomic E-state index is 13.6. The summed E-state index contributed by atoms with van der Waals surface area (Å²) in [4.78, 5) is 43.1. The number of fused-ring (bicyclic) bond motifs is 1. The van der Waals surface area contributed by atoms with Gasteiger partial charge in [0.05, 0.1) is 23.8 Å². The molecule has 3 atom stereocenters. The van der Waals surface area contributed by atoms with Gasteiger partial charge in [-0.25, -0.2) is 4.79 Å². The van der Waals surface area contributed by atoms with E-state index in [-0.39, 0.29) is 36.0 Å². The van der Waals surface area contributed by atoms with Crippen molar-refractivity contribution in [1.29, 1.82) is 0 Å². The van der Waals surface area contributed by atoms with Crippen molar-refractivity contribution in [3.05, 3.63) is 59.2 Å². The number of anilines is 1. The number of aromatic carboxylic acids is 1. The van der Waals surface area contributed by atoms with Gasteiger partial charge < -0.3 is 30.1 Å². The van der Waals surface area contributed by atoms with E-state index in [0.717, 1.165) is 18.5 Å². The number of carboxylic acid groups (broad SMARTS) is 1. The number of nitrogens with one attached hydrogen (secondary N) is 1. The zero-order valence-corrected chi connectivity index (χ0v) is 24.1. The number of ether oxygens (including phenoxy) is 1. The third-order valence-corrected chi connectivity index (χ3v) is 7.10. The summed E-state index contributed by atoms with van der Waals surface area (Å²) in [7, 11) is 5.89. The van der Waals surface area contributed by atoms with Gasteiger partial charge in [-0.3, -0.25) is 14.5 Å². The normalized spacial score (nSPS) is 18.1. The number of likely N-dealkylation sites (N-methyl/N-ethyl adjacent to an activating group) is 1. The summed E-state index contributed by atoms with van der Waals surface area (Å²) in [5, 5.41) is 21.9. The summed E-state index contributed by atoms with van der Waals surface area (Å²) < 4.78 is 6.44. The van der Waals surface area contributed by atoms with Gasteiger partial charge in [0, 0.05) is 37.7 Å². The van der Waals surface area contributed by atoms with E-state index in [1.807, 2.05) is 39.9 Å². The fourth-order valence-electron chi connectivity index (χ4n) is 4.73. The highest BCUT2D eigenvalue weighted by atomic mass is 16.5. The van der Waals surface area contributed by atoms with Crippen LogP contribution in [0.5, 0.6) is 5.75 Å². The number of benzene rings is 2. The van der Waals surface area contributed by atoms with E-state index in [4.69, 9.17) is 9.84 Å². The lowest BCUT2D eigenvalue weighted by Gasteiger charge is -2.38. The van der Waals surface area contributed by atoms with Crippen LogP contribution < -0.4 is 10.1 Å². The minimum absolute atomic E-state index is 0.0426. The number of carbonyl (C=O) groups is 3. The van der Waals surface area contributed by atoms with Crippen LogP contribution >= 0.6 is 0 Å². The van der Waals surface area contributed by atoms with E-state index in [1.54, 1.807) is 47.4 Å². The number of aliphatic hydroxyl groups is 1. The van der Waals surface area contributed by atoms with Gasteiger partial charge in [-0.2, -0.15) is 0 Å². The van der Waals surface area contributed by atoms with Crippen molar-refractivity contribution in [2.75, 3.05) is 52.7 Å². The second-order valence-corrected chi connectivity index (χ2v) is 11.0. The molecule has 3 rings (SSSR count). The van der Waals surface area contributed by atoms with Crippen LogP contribution in [0.15, 0.2) is 42.5 Å². The number of amides is 2. The number of hydrogen-bond acceptors (Lipinski definition) is 7. The molecule has 0 saturated carbocycles. The SMILES string of the molecule is C[C@H](CO)N1C[C@H](C)[C@H](CN(C)Cc2ccc(C(=O)O)cc2)Oc2ccc(NC(=O)CCCN(C)C)cc2C1=O. The summed E-state index contributed by atoms with van der Waals surface area (Å²) in [6.45, 7) is 6.01. The maximum atomic E-state index is 13.6. The molecule has 1 heterocycles. The van der Waals surface area contributed by atoms with Gasteiger partial charge in [-0.05, 0) is 76.9 Å². The molecule has 3 N–H and O–H groups in total. The first-order chi connectivity index (χ1) is 19.0. The zero-order valence-electron chi connectivity index (χ0n) is 24.1. The van der Waals surface area contributed by atoms with Crippen molar-refractivity contribution in [2.45, 2.75) is 45.4 Å². The molecule has 0 aliphatic carbocycles. The summed E-state index contributed by atoms with van der Waals surface area (Å²) in [5.74, 6) is -0.942. The predicted molar refractivity (Wildman–Crippen MR) is 154 cm³/mol. The third-order valence-electron chi connectivity index (χ3n) is 7.10. The Morgan fingerprint density at radius 2 is 1.85 bits per heavy atom. The van der Waals surface area contributed by atoms with E-state index in [0.29, 0.717) is 43.1 Å². The molecule has 10 heteroatoms. The van der Waals surface area contributed by atoms with Crippen molar-refractivity contribution in [3.63, 3.8) is 0 Å². The summed E-state index contributed by atoms with van der Waals surface area (Å²) >= 11 is 0. The van der Waals surface area contributed by atoms with Gasteiger partial charge in [0.15, 0.2) is 0 Å². The molecule has 10 nitrogen and oxygen atoms in total. The Hall–Kier alpha value is -3.47. The highest BCUT2D eigenvalue weighted by molar-refractivity contribution is 6.00. The van der Waals surface area contributed by atoms with Crippen LogP contribution in [0.25, 0.3) is 0 Å². The largest absolute Gasteiger partial charge is 0.488 e. The van der Waals surface area contributed by atoms with Crippen molar-refractivity contribution in [3.8, 4) is 5.75 Å². The minimum atomic E-state index is -0.960. The number of carbonyl (C=O) groups excluding carboxylic acids is 2. The van der Waals surface area contributed by atoms with E-state index in [9.17, 15) is 19.5 Å². The quantitative estimate of drug-likeness (QED) is 0.366. The Morgan fingerprint density at radius 1 is 1.15 bits per heavy atom. The Balaban J connectivity index is 1.80. The van der Waals surface area contributed by atoms with Crippen LogP contribution in [0.4, 0.5) is 5.69 Å². The molecule has 0 radical (unpaired) electrons. The average molecular weight is 555 g/mol. The number of carboxylic acids is 1.